The van der Waals surface area contributed by atoms with Gasteiger partial charge in [0.05, 0.1) is 28.4 Å². The van der Waals surface area contributed by atoms with E-state index in [0.717, 1.165) is 35.3 Å². The summed E-state index contributed by atoms with van der Waals surface area (Å²) in [6, 6.07) is 3.98. The Morgan fingerprint density at radius 1 is 1.16 bits per heavy atom. The van der Waals surface area contributed by atoms with Gasteiger partial charge in [-0.3, -0.25) is 19.5 Å². The number of aromatic nitrogens is 2. The zero-order valence-corrected chi connectivity index (χ0v) is 24.9. The molecule has 3 aromatic heterocycles. The summed E-state index contributed by atoms with van der Waals surface area (Å²) in [5.41, 5.74) is -3.85. The highest BCUT2D eigenvalue weighted by Gasteiger charge is 2.88. The number of ether oxygens (including phenoxy) is 2. The third-order valence-corrected chi connectivity index (χ3v) is 9.74. The molecule has 2 unspecified atom stereocenters. The van der Waals surface area contributed by atoms with Crippen LogP contribution in [0.3, 0.4) is 0 Å². The highest BCUT2D eigenvalue weighted by Crippen LogP contribution is 2.69. The molecule has 0 radical (unpaired) electrons. The fourth-order valence-electron chi connectivity index (χ4n) is 6.32. The SMILES string of the molecule is Cc1nc(C(F)(F)F)cc(-c2ccnc3cc(CN4C(=O)C5C(C)(C)C5(OC(=O)C(F)(F)F)C4=O)sc23)c1O[C@H]1CCCNC1. The Kier molecular flexibility index (Phi) is 7.19. The predicted octanol–water partition coefficient (Wildman–Crippen LogP) is 5.19. The van der Waals surface area contributed by atoms with Gasteiger partial charge < -0.3 is 14.8 Å². The molecule has 2 saturated heterocycles. The second kappa shape index (κ2) is 10.4. The Balaban J connectivity index is 1.36. The van der Waals surface area contributed by atoms with Crippen molar-refractivity contribution in [3.63, 3.8) is 0 Å². The first-order chi connectivity index (χ1) is 21.0. The predicted molar refractivity (Wildman–Crippen MR) is 147 cm³/mol. The molecule has 0 aromatic carbocycles. The van der Waals surface area contributed by atoms with Gasteiger partial charge in [0, 0.05) is 34.2 Å². The van der Waals surface area contributed by atoms with E-state index in [-0.39, 0.29) is 29.7 Å². The van der Waals surface area contributed by atoms with Crippen LogP contribution < -0.4 is 10.1 Å². The van der Waals surface area contributed by atoms with Crippen molar-refractivity contribution in [2.75, 3.05) is 13.1 Å². The number of rotatable bonds is 6. The van der Waals surface area contributed by atoms with Crippen LogP contribution in [0, 0.1) is 18.3 Å². The largest absolute Gasteiger partial charge is 0.490 e. The van der Waals surface area contributed by atoms with Crippen LogP contribution in [0.25, 0.3) is 21.3 Å². The smallest absolute Gasteiger partial charge is 0.487 e. The van der Waals surface area contributed by atoms with E-state index in [1.54, 1.807) is 0 Å². The van der Waals surface area contributed by atoms with E-state index in [0.29, 0.717) is 33.6 Å². The monoisotopic (exact) mass is 656 g/mol. The molecule has 240 valence electrons. The van der Waals surface area contributed by atoms with Gasteiger partial charge in [-0.1, -0.05) is 13.8 Å². The summed E-state index contributed by atoms with van der Waals surface area (Å²) in [4.78, 5) is 47.5. The van der Waals surface area contributed by atoms with Gasteiger partial charge in [-0.2, -0.15) is 26.3 Å². The van der Waals surface area contributed by atoms with Crippen LogP contribution in [-0.4, -0.2) is 63.6 Å². The van der Waals surface area contributed by atoms with E-state index in [2.05, 4.69) is 20.0 Å². The number of pyridine rings is 2. The van der Waals surface area contributed by atoms with E-state index >= 15 is 0 Å². The van der Waals surface area contributed by atoms with Crippen LogP contribution in [0.15, 0.2) is 24.4 Å². The van der Waals surface area contributed by atoms with Crippen molar-refractivity contribution in [2.45, 2.75) is 64.2 Å². The number of aryl methyl sites for hydroxylation is 1. The molecule has 6 rings (SSSR count). The highest BCUT2D eigenvalue weighted by atomic mass is 32.1. The molecule has 2 amide bonds. The lowest BCUT2D eigenvalue weighted by Gasteiger charge is -2.26. The van der Waals surface area contributed by atoms with Crippen molar-refractivity contribution in [3.05, 3.63) is 40.7 Å². The number of imide groups is 1. The first-order valence-electron chi connectivity index (χ1n) is 14.0. The van der Waals surface area contributed by atoms with Gasteiger partial charge in [-0.25, -0.2) is 9.78 Å². The summed E-state index contributed by atoms with van der Waals surface area (Å²) >= 11 is 1.05. The number of hydrogen-bond acceptors (Lipinski definition) is 9. The molecule has 2 aliphatic heterocycles. The first-order valence-corrected chi connectivity index (χ1v) is 14.8. The molecule has 16 heteroatoms. The fourth-order valence-corrected chi connectivity index (χ4v) is 7.46. The van der Waals surface area contributed by atoms with E-state index < -0.39 is 52.8 Å². The number of piperidine rings is 2. The zero-order valence-electron chi connectivity index (χ0n) is 24.1. The van der Waals surface area contributed by atoms with Crippen molar-refractivity contribution in [2.24, 2.45) is 11.3 Å². The molecule has 1 aliphatic carbocycles. The summed E-state index contributed by atoms with van der Waals surface area (Å²) < 4.78 is 91.9. The quantitative estimate of drug-likeness (QED) is 0.220. The number of hydrogen-bond donors (Lipinski definition) is 1. The average molecular weight is 657 g/mol. The Morgan fingerprint density at radius 3 is 2.53 bits per heavy atom. The minimum atomic E-state index is -5.37. The van der Waals surface area contributed by atoms with Crippen LogP contribution in [0.5, 0.6) is 5.75 Å². The number of amides is 2. The van der Waals surface area contributed by atoms with Crippen molar-refractivity contribution in [1.29, 1.82) is 0 Å². The second-order valence-corrected chi connectivity index (χ2v) is 13.0. The molecule has 5 heterocycles. The molecule has 0 spiro atoms. The Hall–Kier alpha value is -3.79. The second-order valence-electron chi connectivity index (χ2n) is 11.8. The van der Waals surface area contributed by atoms with Gasteiger partial charge in [0.25, 0.3) is 5.91 Å². The fraction of sp³-hybridized carbons (Fsp3) is 0.483. The number of nitrogens with zero attached hydrogens (tertiary/aromatic N) is 3. The Labute approximate surface area is 255 Å². The standard InChI is InChI=1S/C29H26F6N4O5S/c1-13-20(43-14-5-4-7-36-11-14)17(10-19(38-13)28(30,31)32)16-6-8-37-18-9-15(45-21(16)18)12-39-23(40)22-26(2,3)27(22,24(39)41)44-25(42)29(33,34)35/h6,8-10,14,22,36H,4-5,7,11-12H2,1-3H3/t14-,22?,27?/m0/s1. The molecular formula is C29H26F6N4O5S. The topological polar surface area (TPSA) is 111 Å². The minimum Gasteiger partial charge on any atom is -0.487 e. The van der Waals surface area contributed by atoms with Crippen LogP contribution in [0.2, 0.25) is 0 Å². The number of fused-ring (bicyclic) bond motifs is 2. The van der Waals surface area contributed by atoms with E-state index in [1.807, 2.05) is 0 Å². The normalized spacial score (nSPS) is 24.6. The van der Waals surface area contributed by atoms with Gasteiger partial charge in [0.2, 0.25) is 11.5 Å². The summed E-state index contributed by atoms with van der Waals surface area (Å²) in [7, 11) is 0. The molecule has 1 N–H and O–H groups in total. The van der Waals surface area contributed by atoms with Crippen LogP contribution in [-0.2, 0) is 31.8 Å². The molecule has 1 saturated carbocycles. The maximum atomic E-state index is 13.9. The summed E-state index contributed by atoms with van der Waals surface area (Å²) in [6.07, 6.45) is -7.49. The van der Waals surface area contributed by atoms with E-state index in [9.17, 15) is 40.7 Å². The van der Waals surface area contributed by atoms with Crippen molar-refractivity contribution in [1.82, 2.24) is 20.2 Å². The van der Waals surface area contributed by atoms with Crippen molar-refractivity contribution >= 4 is 39.3 Å². The summed E-state index contributed by atoms with van der Waals surface area (Å²) in [6.45, 7) is 5.12. The third-order valence-electron chi connectivity index (χ3n) is 8.60. The molecule has 0 bridgehead atoms. The minimum absolute atomic E-state index is 0.0425. The number of esters is 1. The number of likely N-dealkylation sites (tertiary alicyclic amines) is 1. The van der Waals surface area contributed by atoms with Gasteiger partial charge in [-0.05, 0) is 44.5 Å². The number of carbonyl (C=O) groups excluding carboxylic acids is 3. The molecular weight excluding hydrogens is 630 g/mol. The molecule has 3 aromatic rings. The lowest BCUT2D eigenvalue weighted by Crippen LogP contribution is -2.45. The number of nitrogens with one attached hydrogen (secondary N) is 1. The van der Waals surface area contributed by atoms with E-state index in [1.165, 1.54) is 39.1 Å². The Morgan fingerprint density at radius 2 is 1.89 bits per heavy atom. The van der Waals surface area contributed by atoms with Gasteiger partial charge in [-0.15, -0.1) is 11.3 Å². The maximum Gasteiger partial charge on any atom is 0.490 e. The van der Waals surface area contributed by atoms with Crippen molar-refractivity contribution in [3.8, 4) is 16.9 Å². The van der Waals surface area contributed by atoms with Gasteiger partial charge in [0.15, 0.2) is 0 Å². The molecule has 9 nitrogen and oxygen atoms in total. The summed E-state index contributed by atoms with van der Waals surface area (Å²) in [5, 5.41) is 3.20. The molecule has 3 aliphatic rings. The maximum absolute atomic E-state index is 13.9. The molecule has 3 atom stereocenters. The van der Waals surface area contributed by atoms with Crippen LogP contribution >= 0.6 is 11.3 Å². The zero-order chi connectivity index (χ0) is 32.7. The first kappa shape index (κ1) is 31.2. The van der Waals surface area contributed by atoms with Crippen molar-refractivity contribution < 1.29 is 50.2 Å². The lowest BCUT2D eigenvalue weighted by atomic mass is 10.0. The van der Waals surface area contributed by atoms with Gasteiger partial charge >= 0.3 is 18.3 Å². The van der Waals surface area contributed by atoms with E-state index in [4.69, 9.17) is 4.74 Å². The highest BCUT2D eigenvalue weighted by molar-refractivity contribution is 7.19. The van der Waals surface area contributed by atoms with Crippen LogP contribution in [0.1, 0.15) is 43.0 Å². The molecule has 3 fully saturated rings. The summed E-state index contributed by atoms with van der Waals surface area (Å²) in [5.74, 6) is -5.53. The third kappa shape index (κ3) is 5.01. The number of halogens is 6. The average Bonchev–Trinajstić information content (AvgIpc) is 3.18. The Bertz CT molecular complexity index is 1730. The molecule has 45 heavy (non-hydrogen) atoms. The number of carbonyl (C=O) groups is 3. The number of thiophene rings is 1. The number of alkyl halides is 6. The lowest BCUT2D eigenvalue weighted by molar-refractivity contribution is -0.209. The van der Waals surface area contributed by atoms with Gasteiger partial charge in [0.1, 0.15) is 17.5 Å². The van der Waals surface area contributed by atoms with Crippen LogP contribution in [0.4, 0.5) is 26.3 Å².